The van der Waals surface area contributed by atoms with Crippen LogP contribution in [-0.2, 0) is 9.59 Å². The molecule has 3 aliphatic rings. The summed E-state index contributed by atoms with van der Waals surface area (Å²) in [5, 5.41) is 11.4. The molecule has 0 bridgehead atoms. The molecule has 4 amide bonds. The van der Waals surface area contributed by atoms with Gasteiger partial charge in [0.15, 0.2) is 0 Å². The Bertz CT molecular complexity index is 1320. The molecular formula is C25H23N5O4. The van der Waals surface area contributed by atoms with Crippen molar-refractivity contribution >= 4 is 40.2 Å². The summed E-state index contributed by atoms with van der Waals surface area (Å²) in [6, 6.07) is 12.6. The highest BCUT2D eigenvalue weighted by molar-refractivity contribution is 6.23. The lowest BCUT2D eigenvalue weighted by molar-refractivity contribution is -0.136. The van der Waals surface area contributed by atoms with E-state index in [1.165, 1.54) is 0 Å². The molecule has 1 aliphatic carbocycles. The summed E-state index contributed by atoms with van der Waals surface area (Å²) in [6.45, 7) is 0.759. The zero-order valence-electron chi connectivity index (χ0n) is 18.4. The quantitative estimate of drug-likeness (QED) is 0.569. The van der Waals surface area contributed by atoms with Gasteiger partial charge in [0.25, 0.3) is 11.8 Å². The fourth-order valence-electron chi connectivity index (χ4n) is 5.10. The average Bonchev–Trinajstić information content (AvgIpc) is 3.32. The molecule has 2 N–H and O–H groups in total. The SMILES string of the molecule is O=C1CCC(N2C(=O)c3ccc(NC[C@H]4C[C@H](n5cc6ccccc6n5)C4)cc3C2=O)C(=O)N1. The Kier molecular flexibility index (Phi) is 4.72. The molecule has 1 saturated heterocycles. The third kappa shape index (κ3) is 3.35. The van der Waals surface area contributed by atoms with Crippen LogP contribution in [0.1, 0.15) is 52.4 Å². The van der Waals surface area contributed by atoms with Crippen LogP contribution in [0.15, 0.2) is 48.7 Å². The Morgan fingerprint density at radius 1 is 1.00 bits per heavy atom. The second-order valence-corrected chi connectivity index (χ2v) is 9.25. The van der Waals surface area contributed by atoms with Gasteiger partial charge in [-0.15, -0.1) is 0 Å². The van der Waals surface area contributed by atoms with Crippen LogP contribution < -0.4 is 10.6 Å². The van der Waals surface area contributed by atoms with Gasteiger partial charge in [0.05, 0.1) is 22.7 Å². The second-order valence-electron chi connectivity index (χ2n) is 9.25. The summed E-state index contributed by atoms with van der Waals surface area (Å²) in [7, 11) is 0. The Hall–Kier alpha value is -4.01. The third-order valence-electron chi connectivity index (χ3n) is 7.05. The molecule has 2 aliphatic heterocycles. The Morgan fingerprint density at radius 2 is 1.79 bits per heavy atom. The third-order valence-corrected chi connectivity index (χ3v) is 7.05. The molecule has 1 aromatic heterocycles. The summed E-state index contributed by atoms with van der Waals surface area (Å²) in [6.07, 6.45) is 4.39. The lowest BCUT2D eigenvalue weighted by atomic mass is 9.80. The van der Waals surface area contributed by atoms with Crippen LogP contribution in [0.5, 0.6) is 0 Å². The zero-order chi connectivity index (χ0) is 23.4. The first-order valence-corrected chi connectivity index (χ1v) is 11.5. The van der Waals surface area contributed by atoms with E-state index < -0.39 is 23.8 Å². The number of carbonyl (C=O) groups is 4. The van der Waals surface area contributed by atoms with Crippen molar-refractivity contribution in [2.45, 2.75) is 37.8 Å². The molecule has 9 nitrogen and oxygen atoms in total. The first kappa shape index (κ1) is 20.6. The smallest absolute Gasteiger partial charge is 0.262 e. The number of anilines is 1. The van der Waals surface area contributed by atoms with E-state index in [9.17, 15) is 19.2 Å². The first-order valence-electron chi connectivity index (χ1n) is 11.5. The molecule has 0 spiro atoms. The van der Waals surface area contributed by atoms with Crippen molar-refractivity contribution < 1.29 is 19.2 Å². The number of hydrogen-bond acceptors (Lipinski definition) is 6. The number of nitrogens with zero attached hydrogens (tertiary/aromatic N) is 3. The molecule has 9 heteroatoms. The number of carbonyl (C=O) groups excluding carboxylic acids is 4. The van der Waals surface area contributed by atoms with Gasteiger partial charge in [0, 0.05) is 30.2 Å². The molecule has 3 aromatic rings. The molecule has 0 radical (unpaired) electrons. The van der Waals surface area contributed by atoms with Gasteiger partial charge < -0.3 is 5.32 Å². The fourth-order valence-corrected chi connectivity index (χ4v) is 5.10. The van der Waals surface area contributed by atoms with E-state index in [0.717, 1.165) is 40.9 Å². The van der Waals surface area contributed by atoms with Gasteiger partial charge in [-0.3, -0.25) is 34.1 Å². The van der Waals surface area contributed by atoms with Crippen LogP contribution in [0.3, 0.4) is 0 Å². The van der Waals surface area contributed by atoms with Crippen molar-refractivity contribution in [3.05, 3.63) is 59.8 Å². The van der Waals surface area contributed by atoms with E-state index in [1.807, 2.05) is 18.2 Å². The molecule has 2 fully saturated rings. The van der Waals surface area contributed by atoms with Crippen LogP contribution in [0.4, 0.5) is 5.69 Å². The summed E-state index contributed by atoms with van der Waals surface area (Å²) in [5.41, 5.74) is 2.34. The number of fused-ring (bicyclic) bond motifs is 2. The minimum absolute atomic E-state index is 0.105. The fraction of sp³-hybridized carbons (Fsp3) is 0.320. The molecule has 3 heterocycles. The van der Waals surface area contributed by atoms with Gasteiger partial charge in [0.2, 0.25) is 11.8 Å². The van der Waals surface area contributed by atoms with Crippen LogP contribution in [0.25, 0.3) is 10.9 Å². The number of nitrogens with one attached hydrogen (secondary N) is 2. The normalized spacial score (nSPS) is 24.2. The maximum atomic E-state index is 13.0. The van der Waals surface area contributed by atoms with Crippen molar-refractivity contribution in [1.29, 1.82) is 0 Å². The van der Waals surface area contributed by atoms with E-state index in [2.05, 4.69) is 32.7 Å². The van der Waals surface area contributed by atoms with Crippen LogP contribution >= 0.6 is 0 Å². The zero-order valence-corrected chi connectivity index (χ0v) is 18.4. The summed E-state index contributed by atoms with van der Waals surface area (Å²) in [5.74, 6) is -1.48. The monoisotopic (exact) mass is 457 g/mol. The van der Waals surface area contributed by atoms with Crippen LogP contribution in [0, 0.1) is 5.92 Å². The lowest BCUT2D eigenvalue weighted by Crippen LogP contribution is -2.54. The number of aromatic nitrogens is 2. The number of piperidine rings is 1. The predicted molar refractivity (Wildman–Crippen MR) is 123 cm³/mol. The van der Waals surface area contributed by atoms with Gasteiger partial charge in [-0.1, -0.05) is 18.2 Å². The van der Waals surface area contributed by atoms with Crippen molar-refractivity contribution in [2.75, 3.05) is 11.9 Å². The van der Waals surface area contributed by atoms with E-state index in [4.69, 9.17) is 0 Å². The van der Waals surface area contributed by atoms with Gasteiger partial charge >= 0.3 is 0 Å². The molecule has 172 valence electrons. The number of rotatable bonds is 5. The maximum absolute atomic E-state index is 13.0. The highest BCUT2D eigenvalue weighted by Gasteiger charge is 2.44. The van der Waals surface area contributed by atoms with Gasteiger partial charge in [0.1, 0.15) is 6.04 Å². The molecule has 1 saturated carbocycles. The number of hydrogen-bond donors (Lipinski definition) is 2. The van der Waals surface area contributed by atoms with E-state index >= 15 is 0 Å². The van der Waals surface area contributed by atoms with Gasteiger partial charge in [-0.2, -0.15) is 5.10 Å². The van der Waals surface area contributed by atoms with E-state index in [1.54, 1.807) is 18.2 Å². The number of imide groups is 2. The molecule has 1 unspecified atom stereocenters. The van der Waals surface area contributed by atoms with Gasteiger partial charge in [-0.25, -0.2) is 0 Å². The summed E-state index contributed by atoms with van der Waals surface area (Å²) in [4.78, 5) is 50.4. The van der Waals surface area contributed by atoms with E-state index in [-0.39, 0.29) is 29.9 Å². The van der Waals surface area contributed by atoms with Crippen molar-refractivity contribution in [3.8, 4) is 0 Å². The Morgan fingerprint density at radius 3 is 2.59 bits per heavy atom. The minimum Gasteiger partial charge on any atom is -0.385 e. The molecule has 1 atom stereocenters. The van der Waals surface area contributed by atoms with Crippen molar-refractivity contribution in [3.63, 3.8) is 0 Å². The number of benzene rings is 2. The van der Waals surface area contributed by atoms with Gasteiger partial charge in [-0.05, 0) is 49.4 Å². The maximum Gasteiger partial charge on any atom is 0.262 e. The highest BCUT2D eigenvalue weighted by atomic mass is 16.2. The standard InChI is InChI=1S/C25H23N5O4/c31-22-8-7-21(23(32)27-22)30-24(33)18-6-5-16(11-19(18)25(30)34)26-12-14-9-17(10-14)29-13-15-3-1-2-4-20(15)28-29/h1-6,11,13-14,17,21,26H,7-10,12H2,(H,27,31,32)/t14-,17-,21?. The molecular weight excluding hydrogens is 434 g/mol. The summed E-state index contributed by atoms with van der Waals surface area (Å²) < 4.78 is 2.06. The highest BCUT2D eigenvalue weighted by Crippen LogP contribution is 2.38. The number of amides is 4. The topological polar surface area (TPSA) is 113 Å². The molecule has 6 rings (SSSR count). The van der Waals surface area contributed by atoms with E-state index in [0.29, 0.717) is 12.0 Å². The van der Waals surface area contributed by atoms with Crippen LogP contribution in [-0.4, -0.2) is 50.9 Å². The Labute approximate surface area is 195 Å². The lowest BCUT2D eigenvalue weighted by Gasteiger charge is -2.35. The minimum atomic E-state index is -0.952. The van der Waals surface area contributed by atoms with Crippen LogP contribution in [0.2, 0.25) is 0 Å². The summed E-state index contributed by atoms with van der Waals surface area (Å²) >= 11 is 0. The Balaban J connectivity index is 1.09. The molecule has 34 heavy (non-hydrogen) atoms. The van der Waals surface area contributed by atoms with Crippen molar-refractivity contribution in [1.82, 2.24) is 20.0 Å². The average molecular weight is 457 g/mol. The van der Waals surface area contributed by atoms with Crippen molar-refractivity contribution in [2.24, 2.45) is 5.92 Å². The second kappa shape index (κ2) is 7.79. The first-order chi connectivity index (χ1) is 16.5. The molecule has 2 aromatic carbocycles. The largest absolute Gasteiger partial charge is 0.385 e. The predicted octanol–water partition coefficient (Wildman–Crippen LogP) is 2.50.